The number of thioether (sulfide) groups is 1. The summed E-state index contributed by atoms with van der Waals surface area (Å²) in [4.78, 5) is 26.5. The van der Waals surface area contributed by atoms with Crippen molar-refractivity contribution >= 4 is 23.7 Å². The fraction of sp³-hybridized carbons (Fsp3) is 0.833. The highest BCUT2D eigenvalue weighted by Gasteiger charge is 2.42. The summed E-state index contributed by atoms with van der Waals surface area (Å²) in [5.74, 6) is 5.51. The molecule has 2 aliphatic rings. The van der Waals surface area contributed by atoms with Crippen LogP contribution in [0.2, 0.25) is 0 Å². The smallest absolute Gasteiger partial charge is 0.315 e. The number of rotatable bonds is 9. The molecule has 2 heterocycles. The van der Waals surface area contributed by atoms with Crippen molar-refractivity contribution in [3.8, 4) is 0 Å². The molecular formula is C12H23N5O3S. The van der Waals surface area contributed by atoms with E-state index in [-0.39, 0.29) is 24.6 Å². The van der Waals surface area contributed by atoms with E-state index in [0.717, 1.165) is 38.0 Å². The van der Waals surface area contributed by atoms with E-state index in [1.54, 1.807) is 0 Å². The summed E-state index contributed by atoms with van der Waals surface area (Å²) < 4.78 is 0. The van der Waals surface area contributed by atoms with Crippen molar-refractivity contribution in [3.63, 3.8) is 0 Å². The van der Waals surface area contributed by atoms with E-state index in [9.17, 15) is 9.59 Å². The van der Waals surface area contributed by atoms with Crippen molar-refractivity contribution in [3.05, 3.63) is 0 Å². The third-order valence-corrected chi connectivity index (χ3v) is 5.18. The monoisotopic (exact) mass is 317 g/mol. The summed E-state index contributed by atoms with van der Waals surface area (Å²) in [5.41, 5.74) is 5.33. The molecule has 0 bridgehead atoms. The molecule has 1 unspecified atom stereocenters. The number of carbonyl (C=O) groups excluding carboxylic acids is 2. The Bertz CT molecular complexity index is 371. The first-order valence-corrected chi connectivity index (χ1v) is 8.27. The second-order valence-corrected chi connectivity index (χ2v) is 6.53. The Morgan fingerprint density at radius 2 is 2.24 bits per heavy atom. The number of urea groups is 1. The molecule has 0 saturated carbocycles. The molecule has 2 fully saturated rings. The minimum absolute atomic E-state index is 0.0308. The third-order valence-electron chi connectivity index (χ3n) is 3.67. The molecule has 120 valence electrons. The molecule has 9 heteroatoms. The van der Waals surface area contributed by atoms with Crippen LogP contribution < -0.4 is 27.4 Å². The summed E-state index contributed by atoms with van der Waals surface area (Å²) in [6.07, 6.45) is 4.31. The van der Waals surface area contributed by atoms with Gasteiger partial charge in [0, 0.05) is 17.5 Å². The molecule has 0 aliphatic carbocycles. The summed E-state index contributed by atoms with van der Waals surface area (Å²) in [6.45, 7) is 0.576. The highest BCUT2D eigenvalue weighted by atomic mass is 32.2. The van der Waals surface area contributed by atoms with Crippen LogP contribution in [0.5, 0.6) is 0 Å². The lowest BCUT2D eigenvalue weighted by Gasteiger charge is -2.16. The van der Waals surface area contributed by atoms with E-state index >= 15 is 0 Å². The maximum absolute atomic E-state index is 11.3. The predicted octanol–water partition coefficient (Wildman–Crippen LogP) is -0.777. The molecule has 21 heavy (non-hydrogen) atoms. The van der Waals surface area contributed by atoms with Gasteiger partial charge < -0.3 is 10.6 Å². The van der Waals surface area contributed by atoms with E-state index < -0.39 is 0 Å². The Labute approximate surface area is 128 Å². The van der Waals surface area contributed by atoms with Crippen LogP contribution in [-0.2, 0) is 9.63 Å². The van der Waals surface area contributed by atoms with Crippen LogP contribution in [0.15, 0.2) is 0 Å². The molecule has 0 aromatic carbocycles. The molecule has 0 aromatic rings. The summed E-state index contributed by atoms with van der Waals surface area (Å²) in [7, 11) is 0. The van der Waals surface area contributed by atoms with Crippen LogP contribution in [0.1, 0.15) is 25.7 Å². The zero-order chi connectivity index (χ0) is 15.1. The average molecular weight is 317 g/mol. The molecule has 2 saturated heterocycles. The van der Waals surface area contributed by atoms with Crippen LogP contribution >= 0.6 is 11.8 Å². The Kier molecular flexibility index (Phi) is 6.55. The fourth-order valence-corrected chi connectivity index (χ4v) is 4.20. The number of carbonyl (C=O) groups is 2. The van der Waals surface area contributed by atoms with E-state index in [4.69, 9.17) is 5.90 Å². The van der Waals surface area contributed by atoms with Gasteiger partial charge in [-0.05, 0) is 12.8 Å². The van der Waals surface area contributed by atoms with Gasteiger partial charge in [-0.2, -0.15) is 11.8 Å². The Morgan fingerprint density at radius 1 is 1.38 bits per heavy atom. The molecule has 0 spiro atoms. The molecule has 3 atom stereocenters. The van der Waals surface area contributed by atoms with E-state index in [1.165, 1.54) is 0 Å². The number of hydrazine groups is 1. The van der Waals surface area contributed by atoms with Gasteiger partial charge in [0.25, 0.3) is 5.91 Å². The van der Waals surface area contributed by atoms with Gasteiger partial charge in [-0.25, -0.2) is 16.1 Å². The largest absolute Gasteiger partial charge is 0.332 e. The number of hydrogen-bond donors (Lipinski definition) is 5. The Morgan fingerprint density at radius 3 is 3.05 bits per heavy atom. The number of nitrogens with one attached hydrogen (secondary N) is 4. The van der Waals surface area contributed by atoms with Gasteiger partial charge in [-0.1, -0.05) is 12.8 Å². The lowest BCUT2D eigenvalue weighted by molar-refractivity contribution is -0.126. The maximum Gasteiger partial charge on any atom is 0.315 e. The van der Waals surface area contributed by atoms with Crippen LogP contribution in [-0.4, -0.2) is 48.2 Å². The van der Waals surface area contributed by atoms with Crippen molar-refractivity contribution in [2.75, 3.05) is 18.9 Å². The zero-order valence-electron chi connectivity index (χ0n) is 11.9. The number of fused-ring (bicyclic) bond motifs is 1. The number of nitrogens with two attached hydrogens (primary N) is 1. The van der Waals surface area contributed by atoms with E-state index in [0.29, 0.717) is 11.3 Å². The molecule has 3 amide bonds. The summed E-state index contributed by atoms with van der Waals surface area (Å²) in [5, 5.41) is 6.46. The highest BCUT2D eigenvalue weighted by molar-refractivity contribution is 8.00. The van der Waals surface area contributed by atoms with Crippen molar-refractivity contribution < 1.29 is 14.4 Å². The molecular weight excluding hydrogens is 294 g/mol. The molecule has 2 aliphatic heterocycles. The normalized spacial score (nSPS) is 27.1. The molecule has 0 radical (unpaired) electrons. The molecule has 8 nitrogen and oxygen atoms in total. The van der Waals surface area contributed by atoms with Gasteiger partial charge in [-0.3, -0.25) is 15.1 Å². The molecule has 2 rings (SSSR count). The fourth-order valence-electron chi connectivity index (χ4n) is 2.65. The van der Waals surface area contributed by atoms with Gasteiger partial charge in [-0.15, -0.1) is 0 Å². The highest BCUT2D eigenvalue weighted by Crippen LogP contribution is 2.33. The Hall–Kier alpha value is -1.03. The minimum Gasteiger partial charge on any atom is -0.332 e. The van der Waals surface area contributed by atoms with E-state index in [2.05, 4.69) is 26.3 Å². The second kappa shape index (κ2) is 8.42. The standard InChI is InChI=1S/C12H23N5O3S/c13-20-6-10(18)17-14-5-3-1-2-4-9-11-8(7-21-9)15-12(19)16-11/h8-9,11,14H,1-7,13H2,(H,17,18)(H2,15,16,19)/t8-,9?,11-/m0/s1. The number of unbranched alkanes of at least 4 members (excludes halogenated alkanes) is 2. The topological polar surface area (TPSA) is 118 Å². The lowest BCUT2D eigenvalue weighted by atomic mass is 10.0. The van der Waals surface area contributed by atoms with Gasteiger partial charge >= 0.3 is 6.03 Å². The SMILES string of the molecule is NOCC(=O)NNCCCCCC1SC[C@@H]2NC(=O)N[C@H]12. The lowest BCUT2D eigenvalue weighted by Crippen LogP contribution is -2.40. The zero-order valence-corrected chi connectivity index (χ0v) is 12.7. The number of hydrogen-bond acceptors (Lipinski definition) is 6. The average Bonchev–Trinajstić information content (AvgIpc) is 2.98. The third kappa shape index (κ3) is 5.03. The van der Waals surface area contributed by atoms with Crippen molar-refractivity contribution in [2.24, 2.45) is 5.90 Å². The second-order valence-electron chi connectivity index (χ2n) is 5.26. The first kappa shape index (κ1) is 16.3. The molecule has 6 N–H and O–H groups in total. The minimum atomic E-state index is -0.282. The predicted molar refractivity (Wildman–Crippen MR) is 80.2 cm³/mol. The van der Waals surface area contributed by atoms with Crippen molar-refractivity contribution in [2.45, 2.75) is 43.0 Å². The molecule has 0 aromatic heterocycles. The van der Waals surface area contributed by atoms with Gasteiger partial charge in [0.15, 0.2) is 0 Å². The Balaban J connectivity index is 1.47. The van der Waals surface area contributed by atoms with Gasteiger partial charge in [0.2, 0.25) is 0 Å². The van der Waals surface area contributed by atoms with Gasteiger partial charge in [0.1, 0.15) is 6.61 Å². The van der Waals surface area contributed by atoms with E-state index in [1.807, 2.05) is 11.8 Å². The van der Waals surface area contributed by atoms with Crippen LogP contribution in [0.4, 0.5) is 4.79 Å². The van der Waals surface area contributed by atoms with Crippen LogP contribution in [0, 0.1) is 0 Å². The van der Waals surface area contributed by atoms with Crippen molar-refractivity contribution in [1.82, 2.24) is 21.5 Å². The maximum atomic E-state index is 11.3. The first-order chi connectivity index (χ1) is 10.2. The van der Waals surface area contributed by atoms with Crippen LogP contribution in [0.25, 0.3) is 0 Å². The van der Waals surface area contributed by atoms with Gasteiger partial charge in [0.05, 0.1) is 12.1 Å². The number of amides is 3. The first-order valence-electron chi connectivity index (χ1n) is 7.22. The summed E-state index contributed by atoms with van der Waals surface area (Å²) in [6, 6.07) is 0.557. The van der Waals surface area contributed by atoms with Crippen LogP contribution in [0.3, 0.4) is 0 Å². The van der Waals surface area contributed by atoms with Crippen molar-refractivity contribution in [1.29, 1.82) is 0 Å². The quantitative estimate of drug-likeness (QED) is 0.216. The summed E-state index contributed by atoms with van der Waals surface area (Å²) >= 11 is 1.94.